The fourth-order valence-electron chi connectivity index (χ4n) is 0.741. The van der Waals surface area contributed by atoms with Crippen LogP contribution in [0.15, 0.2) is 0 Å². The van der Waals surface area contributed by atoms with Crippen molar-refractivity contribution in [2.24, 2.45) is 11.8 Å². The molecule has 0 N–H and O–H groups in total. The van der Waals surface area contributed by atoms with Crippen molar-refractivity contribution in [3.63, 3.8) is 0 Å². The molecule has 0 amide bonds. The molecule has 0 aromatic heterocycles. The molecule has 1 nitrogen and oxygen atoms in total. The topological polar surface area (TPSA) is 17.1 Å². The van der Waals surface area contributed by atoms with Crippen molar-refractivity contribution in [1.82, 2.24) is 0 Å². The zero-order valence-electron chi connectivity index (χ0n) is 4.48. The van der Waals surface area contributed by atoms with Crippen molar-refractivity contribution in [3.8, 4) is 0 Å². The third kappa shape index (κ3) is 1.23. The molecule has 0 aromatic rings. The number of rotatable bonds is 1. The summed E-state index contributed by atoms with van der Waals surface area (Å²) in [6.07, 6.45) is -3.78. The quantitative estimate of drug-likeness (QED) is 0.500. The molecule has 52 valence electrons. The Morgan fingerprint density at radius 3 is 2.11 bits per heavy atom. The Balaban J connectivity index is 2.42. The second-order valence-corrected chi connectivity index (χ2v) is 2.18. The van der Waals surface area contributed by atoms with Gasteiger partial charge in [0.25, 0.3) is 0 Å². The highest BCUT2D eigenvalue weighted by atomic mass is 19.4. The van der Waals surface area contributed by atoms with Crippen LogP contribution in [0.25, 0.3) is 0 Å². The maximum atomic E-state index is 11.5. The fraction of sp³-hybridized carbons (Fsp3) is 0.800. The van der Waals surface area contributed by atoms with Crippen LogP contribution < -0.4 is 0 Å². The first-order valence-corrected chi connectivity index (χ1v) is 2.57. The summed E-state index contributed by atoms with van der Waals surface area (Å²) in [6.45, 7) is 0. The average Bonchev–Trinajstić information content (AvgIpc) is 2.39. The number of carbonyl (C=O) groups excluding carboxylic acids is 1. The van der Waals surface area contributed by atoms with Crippen LogP contribution in [0.1, 0.15) is 6.42 Å². The van der Waals surface area contributed by atoms with Crippen LogP contribution >= 0.6 is 0 Å². The largest absolute Gasteiger partial charge is 0.392 e. The molecular weight excluding hydrogens is 133 g/mol. The Morgan fingerprint density at radius 1 is 1.44 bits per heavy atom. The SMILES string of the molecule is O=C[C@@H]1C[C@H]1C(F)(F)F. The summed E-state index contributed by atoms with van der Waals surface area (Å²) in [4.78, 5) is 9.72. The van der Waals surface area contributed by atoms with E-state index in [1.165, 1.54) is 0 Å². The molecular formula is C5H5F3O. The molecule has 0 saturated heterocycles. The van der Waals surface area contributed by atoms with Gasteiger partial charge in [0.15, 0.2) is 0 Å². The molecule has 0 aromatic carbocycles. The van der Waals surface area contributed by atoms with Crippen molar-refractivity contribution < 1.29 is 18.0 Å². The molecule has 1 aliphatic carbocycles. The highest BCUT2D eigenvalue weighted by Gasteiger charge is 2.55. The Labute approximate surface area is 49.9 Å². The molecule has 0 spiro atoms. The highest BCUT2D eigenvalue weighted by molar-refractivity contribution is 5.58. The van der Waals surface area contributed by atoms with E-state index in [4.69, 9.17) is 0 Å². The summed E-state index contributed by atoms with van der Waals surface area (Å²) in [6, 6.07) is 0. The fourth-order valence-corrected chi connectivity index (χ4v) is 0.741. The molecule has 0 radical (unpaired) electrons. The van der Waals surface area contributed by atoms with Gasteiger partial charge in [0, 0.05) is 5.92 Å². The average molecular weight is 138 g/mol. The summed E-state index contributed by atoms with van der Waals surface area (Å²) < 4.78 is 34.6. The third-order valence-electron chi connectivity index (χ3n) is 1.44. The van der Waals surface area contributed by atoms with Gasteiger partial charge < -0.3 is 4.79 Å². The van der Waals surface area contributed by atoms with E-state index in [2.05, 4.69) is 0 Å². The molecule has 1 saturated carbocycles. The van der Waals surface area contributed by atoms with Crippen molar-refractivity contribution in [2.45, 2.75) is 12.6 Å². The van der Waals surface area contributed by atoms with Crippen LogP contribution in [0.2, 0.25) is 0 Å². The minimum absolute atomic E-state index is 0.00694. The lowest BCUT2D eigenvalue weighted by Gasteiger charge is -2.00. The van der Waals surface area contributed by atoms with E-state index >= 15 is 0 Å². The van der Waals surface area contributed by atoms with Gasteiger partial charge in [0.2, 0.25) is 0 Å². The Hall–Kier alpha value is -0.540. The summed E-state index contributed by atoms with van der Waals surface area (Å²) in [5, 5.41) is 0. The van der Waals surface area contributed by atoms with E-state index in [1.807, 2.05) is 0 Å². The standard InChI is InChI=1S/C5H5F3O/c6-5(7,8)4-1-3(4)2-9/h2-4H,1H2/t3-,4+/m0/s1. The summed E-state index contributed by atoms with van der Waals surface area (Å²) >= 11 is 0. The van der Waals surface area contributed by atoms with Gasteiger partial charge in [-0.15, -0.1) is 0 Å². The van der Waals surface area contributed by atoms with Crippen LogP contribution in [0, 0.1) is 11.8 Å². The maximum absolute atomic E-state index is 11.5. The molecule has 4 heteroatoms. The van der Waals surface area contributed by atoms with Crippen molar-refractivity contribution in [1.29, 1.82) is 0 Å². The first kappa shape index (κ1) is 6.58. The van der Waals surface area contributed by atoms with Crippen LogP contribution in [0.3, 0.4) is 0 Å². The van der Waals surface area contributed by atoms with Gasteiger partial charge in [-0.3, -0.25) is 0 Å². The maximum Gasteiger partial charge on any atom is 0.392 e. The first-order valence-electron chi connectivity index (χ1n) is 2.57. The molecule has 0 unspecified atom stereocenters. The van der Waals surface area contributed by atoms with Gasteiger partial charge in [-0.2, -0.15) is 13.2 Å². The zero-order chi connectivity index (χ0) is 7.07. The van der Waals surface area contributed by atoms with Crippen LogP contribution in [-0.4, -0.2) is 12.5 Å². The number of alkyl halides is 3. The lowest BCUT2D eigenvalue weighted by atomic mass is 10.3. The lowest BCUT2D eigenvalue weighted by molar-refractivity contribution is -0.152. The monoisotopic (exact) mass is 138 g/mol. The normalized spacial score (nSPS) is 34.1. The third-order valence-corrected chi connectivity index (χ3v) is 1.44. The number of halogens is 3. The number of hydrogen-bond donors (Lipinski definition) is 0. The molecule has 1 fully saturated rings. The number of hydrogen-bond acceptors (Lipinski definition) is 1. The highest BCUT2D eigenvalue weighted by Crippen LogP contribution is 2.48. The van der Waals surface area contributed by atoms with Gasteiger partial charge in [0.1, 0.15) is 6.29 Å². The van der Waals surface area contributed by atoms with Gasteiger partial charge in [0.05, 0.1) is 5.92 Å². The van der Waals surface area contributed by atoms with Crippen molar-refractivity contribution in [2.75, 3.05) is 0 Å². The van der Waals surface area contributed by atoms with E-state index in [0.717, 1.165) is 0 Å². The predicted octanol–water partition coefficient (Wildman–Crippen LogP) is 1.38. The molecule has 0 heterocycles. The number of carbonyl (C=O) groups is 1. The molecule has 9 heavy (non-hydrogen) atoms. The predicted molar refractivity (Wildman–Crippen MR) is 23.7 cm³/mol. The second-order valence-electron chi connectivity index (χ2n) is 2.18. The van der Waals surface area contributed by atoms with E-state index in [1.54, 1.807) is 0 Å². The van der Waals surface area contributed by atoms with E-state index in [9.17, 15) is 18.0 Å². The zero-order valence-corrected chi connectivity index (χ0v) is 4.48. The summed E-state index contributed by atoms with van der Waals surface area (Å²) in [7, 11) is 0. The Morgan fingerprint density at radius 2 is 2.00 bits per heavy atom. The Kier molecular flexibility index (Phi) is 1.26. The summed E-state index contributed by atoms with van der Waals surface area (Å²) in [5.41, 5.74) is 0. The van der Waals surface area contributed by atoms with Gasteiger partial charge in [-0.05, 0) is 6.42 Å². The molecule has 1 rings (SSSR count). The van der Waals surface area contributed by atoms with Gasteiger partial charge in [-0.1, -0.05) is 0 Å². The van der Waals surface area contributed by atoms with Gasteiger partial charge >= 0.3 is 6.18 Å². The summed E-state index contributed by atoms with van der Waals surface area (Å²) in [5.74, 6) is -2.08. The minimum atomic E-state index is -4.15. The van der Waals surface area contributed by atoms with E-state index in [0.29, 0.717) is 6.29 Å². The molecule has 1 aliphatic rings. The second kappa shape index (κ2) is 1.72. The van der Waals surface area contributed by atoms with Crippen LogP contribution in [0.4, 0.5) is 13.2 Å². The van der Waals surface area contributed by atoms with E-state index < -0.39 is 18.0 Å². The molecule has 0 bridgehead atoms. The van der Waals surface area contributed by atoms with Crippen molar-refractivity contribution in [3.05, 3.63) is 0 Å². The first-order chi connectivity index (χ1) is 4.05. The lowest BCUT2D eigenvalue weighted by Crippen LogP contribution is -2.11. The Bertz CT molecular complexity index is 129. The molecule has 0 aliphatic heterocycles. The molecule has 2 atom stereocenters. The smallest absolute Gasteiger partial charge is 0.303 e. The minimum Gasteiger partial charge on any atom is -0.303 e. The van der Waals surface area contributed by atoms with Crippen LogP contribution in [-0.2, 0) is 4.79 Å². The van der Waals surface area contributed by atoms with E-state index in [-0.39, 0.29) is 6.42 Å². The van der Waals surface area contributed by atoms with Crippen molar-refractivity contribution >= 4 is 6.29 Å². The number of aldehydes is 1. The van der Waals surface area contributed by atoms with Crippen LogP contribution in [0.5, 0.6) is 0 Å². The van der Waals surface area contributed by atoms with Gasteiger partial charge in [-0.25, -0.2) is 0 Å².